The van der Waals surface area contributed by atoms with Crippen LogP contribution in [0.5, 0.6) is 0 Å². The molecule has 0 atom stereocenters. The number of rotatable bonds is 4. The Balaban J connectivity index is 1.85. The Morgan fingerprint density at radius 3 is 2.80 bits per heavy atom. The number of amides is 1. The standard InChI is InChI=1S/C16H12ClN3O5/c1-9-2-5-14-13(6-9)19(16(22)25-14)8-15(21)18-10-3-4-11(17)12(7-10)20(23)24/h2-7H,8H2,1H3,(H,18,21). The van der Waals surface area contributed by atoms with E-state index in [0.29, 0.717) is 11.1 Å². The average Bonchev–Trinajstić information content (AvgIpc) is 2.84. The number of nitrogens with zero attached hydrogens (tertiary/aromatic N) is 2. The summed E-state index contributed by atoms with van der Waals surface area (Å²) in [5.74, 6) is -1.18. The van der Waals surface area contributed by atoms with Crippen LogP contribution in [0.25, 0.3) is 11.1 Å². The molecular weight excluding hydrogens is 350 g/mol. The lowest BCUT2D eigenvalue weighted by molar-refractivity contribution is -0.384. The number of oxazole rings is 1. The number of halogens is 1. The maximum absolute atomic E-state index is 12.2. The molecule has 0 bridgehead atoms. The van der Waals surface area contributed by atoms with Gasteiger partial charge in [-0.3, -0.25) is 19.5 Å². The minimum atomic E-state index is -0.655. The third-order valence-electron chi connectivity index (χ3n) is 3.55. The summed E-state index contributed by atoms with van der Waals surface area (Å²) in [5, 5.41) is 13.4. The van der Waals surface area contributed by atoms with Crippen LogP contribution in [0.1, 0.15) is 5.56 Å². The summed E-state index contributed by atoms with van der Waals surface area (Å²) in [4.78, 5) is 34.4. The van der Waals surface area contributed by atoms with Gasteiger partial charge in [0.05, 0.1) is 10.4 Å². The third kappa shape index (κ3) is 3.38. The Morgan fingerprint density at radius 2 is 2.08 bits per heavy atom. The van der Waals surface area contributed by atoms with Crippen molar-refractivity contribution in [3.8, 4) is 0 Å². The predicted molar refractivity (Wildman–Crippen MR) is 91.9 cm³/mol. The SMILES string of the molecule is Cc1ccc2oc(=O)n(CC(=O)Nc3ccc(Cl)c([N+](=O)[O-])c3)c2c1. The first-order chi connectivity index (χ1) is 11.8. The van der Waals surface area contributed by atoms with E-state index in [1.807, 2.05) is 6.92 Å². The smallest absolute Gasteiger partial charge is 0.408 e. The van der Waals surface area contributed by atoms with Crippen molar-refractivity contribution in [2.75, 3.05) is 5.32 Å². The van der Waals surface area contributed by atoms with Crippen LogP contribution in [0.3, 0.4) is 0 Å². The third-order valence-corrected chi connectivity index (χ3v) is 3.87. The second-order valence-corrected chi connectivity index (χ2v) is 5.80. The molecule has 128 valence electrons. The number of nitro groups is 1. The van der Waals surface area contributed by atoms with E-state index in [0.717, 1.165) is 11.6 Å². The Bertz CT molecular complexity index is 1050. The molecule has 1 aromatic heterocycles. The van der Waals surface area contributed by atoms with Crippen LogP contribution < -0.4 is 11.1 Å². The van der Waals surface area contributed by atoms with Crippen LogP contribution in [0.2, 0.25) is 5.02 Å². The number of anilines is 1. The van der Waals surface area contributed by atoms with E-state index in [1.54, 1.807) is 18.2 Å². The second kappa shape index (κ2) is 6.40. The number of aromatic nitrogens is 1. The molecule has 2 aromatic carbocycles. The van der Waals surface area contributed by atoms with Gasteiger partial charge in [0.15, 0.2) is 5.58 Å². The Hall–Kier alpha value is -3.13. The lowest BCUT2D eigenvalue weighted by Gasteiger charge is -2.06. The first kappa shape index (κ1) is 16.7. The van der Waals surface area contributed by atoms with Crippen LogP contribution in [0, 0.1) is 17.0 Å². The molecule has 1 heterocycles. The van der Waals surface area contributed by atoms with Gasteiger partial charge in [0.25, 0.3) is 5.69 Å². The summed E-state index contributed by atoms with van der Waals surface area (Å²) < 4.78 is 6.29. The molecule has 0 spiro atoms. The largest absolute Gasteiger partial charge is 0.420 e. The maximum Gasteiger partial charge on any atom is 0.420 e. The Kier molecular flexibility index (Phi) is 4.28. The molecule has 3 rings (SSSR count). The summed E-state index contributed by atoms with van der Waals surface area (Å²) in [6.45, 7) is 1.57. The summed E-state index contributed by atoms with van der Waals surface area (Å²) in [6, 6.07) is 9.10. The number of carbonyl (C=O) groups is 1. The van der Waals surface area contributed by atoms with Crippen molar-refractivity contribution in [3.05, 3.63) is 67.6 Å². The van der Waals surface area contributed by atoms with Crippen LogP contribution >= 0.6 is 11.6 Å². The van der Waals surface area contributed by atoms with Gasteiger partial charge in [-0.15, -0.1) is 0 Å². The molecule has 0 fully saturated rings. The zero-order valence-electron chi connectivity index (χ0n) is 13.0. The highest BCUT2D eigenvalue weighted by Gasteiger charge is 2.16. The van der Waals surface area contributed by atoms with Gasteiger partial charge in [0.1, 0.15) is 11.6 Å². The van der Waals surface area contributed by atoms with Crippen molar-refractivity contribution in [1.82, 2.24) is 4.57 Å². The topological polar surface area (TPSA) is 107 Å². The Labute approximate surface area is 145 Å². The molecule has 0 aliphatic carbocycles. The summed E-state index contributed by atoms with van der Waals surface area (Å²) in [7, 11) is 0. The summed E-state index contributed by atoms with van der Waals surface area (Å²) in [5.41, 5.74) is 1.68. The predicted octanol–water partition coefficient (Wildman–Crippen LogP) is 3.10. The molecule has 0 saturated carbocycles. The van der Waals surface area contributed by atoms with Crippen molar-refractivity contribution in [2.45, 2.75) is 13.5 Å². The fourth-order valence-electron chi connectivity index (χ4n) is 2.40. The van der Waals surface area contributed by atoms with E-state index in [2.05, 4.69) is 5.32 Å². The van der Waals surface area contributed by atoms with Gasteiger partial charge in [-0.1, -0.05) is 17.7 Å². The summed E-state index contributed by atoms with van der Waals surface area (Å²) >= 11 is 5.73. The molecule has 1 amide bonds. The highest BCUT2D eigenvalue weighted by molar-refractivity contribution is 6.32. The van der Waals surface area contributed by atoms with Gasteiger partial charge in [-0.25, -0.2) is 4.79 Å². The number of fused-ring (bicyclic) bond motifs is 1. The molecule has 0 aliphatic rings. The van der Waals surface area contributed by atoms with Crippen LogP contribution in [-0.2, 0) is 11.3 Å². The monoisotopic (exact) mass is 361 g/mol. The normalized spacial score (nSPS) is 10.8. The fourth-order valence-corrected chi connectivity index (χ4v) is 2.58. The summed E-state index contributed by atoms with van der Waals surface area (Å²) in [6.07, 6.45) is 0. The lowest BCUT2D eigenvalue weighted by Crippen LogP contribution is -2.24. The molecule has 0 unspecified atom stereocenters. The number of carbonyl (C=O) groups excluding carboxylic acids is 1. The van der Waals surface area contributed by atoms with Crippen molar-refractivity contribution in [2.24, 2.45) is 0 Å². The van der Waals surface area contributed by atoms with Gasteiger partial charge in [-0.2, -0.15) is 0 Å². The Morgan fingerprint density at radius 1 is 1.32 bits per heavy atom. The van der Waals surface area contributed by atoms with Crippen LogP contribution in [0.15, 0.2) is 45.6 Å². The molecule has 0 saturated heterocycles. The van der Waals surface area contributed by atoms with Crippen LogP contribution in [-0.4, -0.2) is 15.4 Å². The van der Waals surface area contributed by atoms with Gasteiger partial charge < -0.3 is 9.73 Å². The van der Waals surface area contributed by atoms with E-state index < -0.39 is 16.6 Å². The second-order valence-electron chi connectivity index (χ2n) is 5.40. The van der Waals surface area contributed by atoms with Crippen LogP contribution in [0.4, 0.5) is 11.4 Å². The number of nitro benzene ring substituents is 1. The number of benzene rings is 2. The van der Waals surface area contributed by atoms with Gasteiger partial charge in [-0.05, 0) is 36.8 Å². The molecule has 1 N–H and O–H groups in total. The van der Waals surface area contributed by atoms with E-state index >= 15 is 0 Å². The molecule has 8 nitrogen and oxygen atoms in total. The fraction of sp³-hybridized carbons (Fsp3) is 0.125. The maximum atomic E-state index is 12.2. The highest BCUT2D eigenvalue weighted by atomic mass is 35.5. The number of hydrogen-bond acceptors (Lipinski definition) is 5. The van der Waals surface area contributed by atoms with Crippen molar-refractivity contribution < 1.29 is 14.1 Å². The number of hydrogen-bond donors (Lipinski definition) is 1. The van der Waals surface area contributed by atoms with Crippen molar-refractivity contribution >= 4 is 40.0 Å². The number of nitrogens with one attached hydrogen (secondary N) is 1. The van der Waals surface area contributed by atoms with E-state index in [4.69, 9.17) is 16.0 Å². The lowest BCUT2D eigenvalue weighted by atomic mass is 10.2. The molecule has 9 heteroatoms. The van der Waals surface area contributed by atoms with Crippen molar-refractivity contribution in [3.63, 3.8) is 0 Å². The molecule has 25 heavy (non-hydrogen) atoms. The van der Waals surface area contributed by atoms with E-state index in [9.17, 15) is 19.7 Å². The molecule has 0 aliphatic heterocycles. The average molecular weight is 362 g/mol. The van der Waals surface area contributed by atoms with E-state index in [-0.39, 0.29) is 22.9 Å². The minimum absolute atomic E-state index is 0.0319. The van der Waals surface area contributed by atoms with Crippen molar-refractivity contribution in [1.29, 1.82) is 0 Å². The minimum Gasteiger partial charge on any atom is -0.408 e. The first-order valence-electron chi connectivity index (χ1n) is 7.19. The van der Waals surface area contributed by atoms with Gasteiger partial charge >= 0.3 is 5.76 Å². The molecule has 3 aromatic rings. The highest BCUT2D eigenvalue weighted by Crippen LogP contribution is 2.27. The zero-order valence-corrected chi connectivity index (χ0v) is 13.7. The van der Waals surface area contributed by atoms with Gasteiger partial charge in [0.2, 0.25) is 5.91 Å². The van der Waals surface area contributed by atoms with E-state index in [1.165, 1.54) is 16.7 Å². The molecule has 0 radical (unpaired) electrons. The quantitative estimate of drug-likeness (QED) is 0.567. The molecular formula is C16H12ClN3O5. The van der Waals surface area contributed by atoms with Gasteiger partial charge in [0, 0.05) is 11.8 Å². The first-order valence-corrected chi connectivity index (χ1v) is 7.57. The number of aryl methyl sites for hydroxylation is 1. The zero-order chi connectivity index (χ0) is 18.1.